The number of hydrogen-bond donors (Lipinski definition) is 0. The molecule has 0 saturated carbocycles. The minimum absolute atomic E-state index is 0.523. The van der Waals surface area contributed by atoms with Gasteiger partial charge in [-0.2, -0.15) is 0 Å². The van der Waals surface area contributed by atoms with Crippen LogP contribution in [0.4, 0.5) is 5.13 Å². The lowest BCUT2D eigenvalue weighted by atomic mass is 10.0. The first-order chi connectivity index (χ1) is 9.74. The number of ether oxygens (including phenoxy) is 1. The van der Waals surface area contributed by atoms with Crippen LogP contribution in [-0.2, 0) is 4.74 Å². The van der Waals surface area contributed by atoms with Gasteiger partial charge in [-0.15, -0.1) is 0 Å². The molecule has 1 aromatic carbocycles. The van der Waals surface area contributed by atoms with Gasteiger partial charge in [-0.3, -0.25) is 0 Å². The highest BCUT2D eigenvalue weighted by molar-refractivity contribution is 7.22. The minimum Gasteiger partial charge on any atom is -0.377 e. The van der Waals surface area contributed by atoms with Crippen LogP contribution < -0.4 is 4.90 Å². The Morgan fingerprint density at radius 1 is 1.25 bits per heavy atom. The van der Waals surface area contributed by atoms with Gasteiger partial charge < -0.3 is 9.64 Å². The van der Waals surface area contributed by atoms with Crippen molar-refractivity contribution in [3.63, 3.8) is 0 Å². The third-order valence-electron chi connectivity index (χ3n) is 4.52. The largest absolute Gasteiger partial charge is 0.377 e. The van der Waals surface area contributed by atoms with Crippen LogP contribution in [0.1, 0.15) is 38.2 Å². The van der Waals surface area contributed by atoms with Crippen molar-refractivity contribution in [3.8, 4) is 0 Å². The van der Waals surface area contributed by atoms with Gasteiger partial charge >= 0.3 is 0 Å². The van der Waals surface area contributed by atoms with Crippen molar-refractivity contribution >= 4 is 26.7 Å². The molecule has 0 spiro atoms. The zero-order valence-electron chi connectivity index (χ0n) is 12.0. The van der Waals surface area contributed by atoms with E-state index < -0.39 is 0 Å². The summed E-state index contributed by atoms with van der Waals surface area (Å²) in [4.78, 5) is 7.51. The van der Waals surface area contributed by atoms with Gasteiger partial charge in [0.05, 0.1) is 35.5 Å². The van der Waals surface area contributed by atoms with E-state index in [4.69, 9.17) is 9.72 Å². The molecule has 3 heterocycles. The highest BCUT2D eigenvalue weighted by atomic mass is 32.1. The minimum atomic E-state index is 0.523. The SMILES string of the molecule is CC(C)c1cccc2sc(N3[C@@H]4CC[C@H]3COC4)nc12. The summed E-state index contributed by atoms with van der Waals surface area (Å²) in [6.07, 6.45) is 2.50. The van der Waals surface area contributed by atoms with Crippen molar-refractivity contribution in [2.24, 2.45) is 0 Å². The van der Waals surface area contributed by atoms with Gasteiger partial charge in [0.2, 0.25) is 0 Å². The Kier molecular flexibility index (Phi) is 2.97. The molecule has 2 atom stereocenters. The molecule has 0 amide bonds. The molecule has 2 bridgehead atoms. The Hall–Kier alpha value is -1.13. The molecule has 3 nitrogen and oxygen atoms in total. The van der Waals surface area contributed by atoms with Crippen molar-refractivity contribution in [3.05, 3.63) is 23.8 Å². The monoisotopic (exact) mass is 288 g/mol. The van der Waals surface area contributed by atoms with Gasteiger partial charge in [0, 0.05) is 0 Å². The number of nitrogens with zero attached hydrogens (tertiary/aromatic N) is 2. The van der Waals surface area contributed by atoms with Gasteiger partial charge in [0.15, 0.2) is 5.13 Å². The number of para-hydroxylation sites is 1. The summed E-state index contributed by atoms with van der Waals surface area (Å²) >= 11 is 1.84. The smallest absolute Gasteiger partial charge is 0.187 e. The molecule has 2 aromatic rings. The summed E-state index contributed by atoms with van der Waals surface area (Å²) in [6.45, 7) is 6.21. The van der Waals surface area contributed by atoms with Crippen LogP contribution in [0.15, 0.2) is 18.2 Å². The lowest BCUT2D eigenvalue weighted by Crippen LogP contribution is -2.45. The first-order valence-electron chi connectivity index (χ1n) is 7.49. The molecule has 4 rings (SSSR count). The summed E-state index contributed by atoms with van der Waals surface area (Å²) in [5.41, 5.74) is 2.57. The van der Waals surface area contributed by atoms with E-state index in [0.717, 1.165) is 13.2 Å². The Labute approximate surface area is 123 Å². The quantitative estimate of drug-likeness (QED) is 0.840. The molecular formula is C16H20N2OS. The summed E-state index contributed by atoms with van der Waals surface area (Å²) < 4.78 is 7.00. The van der Waals surface area contributed by atoms with E-state index in [1.54, 1.807) is 0 Å². The number of anilines is 1. The molecule has 106 valence electrons. The molecule has 1 aromatic heterocycles. The fraction of sp³-hybridized carbons (Fsp3) is 0.562. The van der Waals surface area contributed by atoms with Gasteiger partial charge in [-0.1, -0.05) is 37.3 Å². The van der Waals surface area contributed by atoms with Crippen LogP contribution in [-0.4, -0.2) is 30.3 Å². The zero-order valence-corrected chi connectivity index (χ0v) is 12.8. The molecule has 0 radical (unpaired) electrons. The third-order valence-corrected chi connectivity index (χ3v) is 5.56. The number of thiazole rings is 1. The summed E-state index contributed by atoms with van der Waals surface area (Å²) in [6, 6.07) is 7.65. The first-order valence-corrected chi connectivity index (χ1v) is 8.31. The number of aromatic nitrogens is 1. The molecule has 2 saturated heterocycles. The lowest BCUT2D eigenvalue weighted by molar-refractivity contribution is 0.0906. The maximum Gasteiger partial charge on any atom is 0.187 e. The standard InChI is InChI=1S/C16H20N2OS/c1-10(2)13-4-3-5-14-15(13)17-16(20-14)18-11-6-7-12(18)9-19-8-11/h3-5,10-12H,6-9H2,1-2H3/t11-,12+. The second kappa shape index (κ2) is 4.71. The lowest BCUT2D eigenvalue weighted by Gasteiger charge is -2.34. The Morgan fingerprint density at radius 2 is 2.00 bits per heavy atom. The van der Waals surface area contributed by atoms with Gasteiger partial charge in [0.1, 0.15) is 0 Å². The highest BCUT2D eigenvalue weighted by Gasteiger charge is 2.39. The maximum absolute atomic E-state index is 5.68. The van der Waals surface area contributed by atoms with Crippen LogP contribution in [0, 0.1) is 0 Å². The van der Waals surface area contributed by atoms with Crippen LogP contribution >= 0.6 is 11.3 Å². The number of morpholine rings is 1. The summed E-state index contributed by atoms with van der Waals surface area (Å²) in [5, 5.41) is 1.20. The van der Waals surface area contributed by atoms with E-state index in [2.05, 4.69) is 36.9 Å². The second-order valence-corrected chi connectivity index (χ2v) is 7.18. The fourth-order valence-electron chi connectivity index (χ4n) is 3.48. The Balaban J connectivity index is 1.80. The number of hydrogen-bond acceptors (Lipinski definition) is 4. The molecule has 4 heteroatoms. The van der Waals surface area contributed by atoms with E-state index in [0.29, 0.717) is 18.0 Å². The highest BCUT2D eigenvalue weighted by Crippen LogP contribution is 2.39. The topological polar surface area (TPSA) is 25.4 Å². The van der Waals surface area contributed by atoms with E-state index in [9.17, 15) is 0 Å². The van der Waals surface area contributed by atoms with Crippen molar-refractivity contribution in [2.45, 2.75) is 44.7 Å². The van der Waals surface area contributed by atoms with Gasteiger partial charge in [-0.25, -0.2) is 4.98 Å². The van der Waals surface area contributed by atoms with E-state index in [1.807, 2.05) is 11.3 Å². The maximum atomic E-state index is 5.68. The molecular weight excluding hydrogens is 268 g/mol. The van der Waals surface area contributed by atoms with Gasteiger partial charge in [0.25, 0.3) is 0 Å². The number of fused-ring (bicyclic) bond motifs is 3. The van der Waals surface area contributed by atoms with E-state index in [-0.39, 0.29) is 0 Å². The van der Waals surface area contributed by atoms with Crippen molar-refractivity contribution in [2.75, 3.05) is 18.1 Å². The van der Waals surface area contributed by atoms with Crippen molar-refractivity contribution in [1.29, 1.82) is 0 Å². The van der Waals surface area contributed by atoms with Crippen LogP contribution in [0.2, 0.25) is 0 Å². The van der Waals surface area contributed by atoms with Crippen LogP contribution in [0.25, 0.3) is 10.2 Å². The summed E-state index contributed by atoms with van der Waals surface area (Å²) in [7, 11) is 0. The number of rotatable bonds is 2. The van der Waals surface area contributed by atoms with Crippen molar-refractivity contribution in [1.82, 2.24) is 4.98 Å². The van der Waals surface area contributed by atoms with Crippen LogP contribution in [0.3, 0.4) is 0 Å². The van der Waals surface area contributed by atoms with E-state index >= 15 is 0 Å². The molecule has 20 heavy (non-hydrogen) atoms. The number of benzene rings is 1. The molecule has 0 unspecified atom stereocenters. The average molecular weight is 288 g/mol. The predicted octanol–water partition coefficient (Wildman–Crippen LogP) is 3.79. The van der Waals surface area contributed by atoms with Gasteiger partial charge in [-0.05, 0) is 30.4 Å². The zero-order chi connectivity index (χ0) is 13.7. The third kappa shape index (κ3) is 1.85. The molecule has 0 aliphatic carbocycles. The second-order valence-electron chi connectivity index (χ2n) is 6.17. The fourth-order valence-corrected chi connectivity index (χ4v) is 4.62. The Morgan fingerprint density at radius 3 is 2.70 bits per heavy atom. The van der Waals surface area contributed by atoms with E-state index in [1.165, 1.54) is 33.8 Å². The Bertz CT molecular complexity index is 620. The molecule has 0 N–H and O–H groups in total. The van der Waals surface area contributed by atoms with Crippen LogP contribution in [0.5, 0.6) is 0 Å². The average Bonchev–Trinajstić information content (AvgIpc) is 2.96. The molecule has 2 aliphatic rings. The first kappa shape index (κ1) is 12.6. The molecule has 2 fully saturated rings. The predicted molar refractivity (Wildman–Crippen MR) is 83.8 cm³/mol. The summed E-state index contributed by atoms with van der Waals surface area (Å²) in [5.74, 6) is 0.523. The van der Waals surface area contributed by atoms with Crippen molar-refractivity contribution < 1.29 is 4.74 Å². The molecule has 2 aliphatic heterocycles. The normalized spacial score (nSPS) is 25.9.